The second-order valence-electron chi connectivity index (χ2n) is 8.24. The molecule has 0 amide bonds. The van der Waals surface area contributed by atoms with Crippen LogP contribution in [0.5, 0.6) is 0 Å². The van der Waals surface area contributed by atoms with Gasteiger partial charge in [0.05, 0.1) is 12.2 Å². The third-order valence-electron chi connectivity index (χ3n) is 5.12. The molecule has 0 spiro atoms. The molecule has 0 saturated heterocycles. The van der Waals surface area contributed by atoms with E-state index in [4.69, 9.17) is 10.8 Å². The second kappa shape index (κ2) is 10.2. The van der Waals surface area contributed by atoms with Gasteiger partial charge in [0, 0.05) is 12.3 Å². The van der Waals surface area contributed by atoms with E-state index in [2.05, 4.69) is 39.8 Å². The molecule has 0 fully saturated rings. The van der Waals surface area contributed by atoms with Gasteiger partial charge < -0.3 is 9.53 Å². The first-order valence-corrected chi connectivity index (χ1v) is 11.8. The molecule has 0 bridgehead atoms. The zero-order valence-corrected chi connectivity index (χ0v) is 17.6. The molecule has 0 heterocycles. The second-order valence-corrected chi connectivity index (χ2v) is 13.0. The summed E-state index contributed by atoms with van der Waals surface area (Å²) in [6.07, 6.45) is 10.4. The maximum atomic E-state index is 10.7. The van der Waals surface area contributed by atoms with Crippen molar-refractivity contribution in [3.8, 4) is 12.3 Å². The number of aliphatic hydroxyl groups excluding tert-OH is 1. The number of hydrogen-bond acceptors (Lipinski definition) is 3. The van der Waals surface area contributed by atoms with Gasteiger partial charge in [-0.25, -0.2) is 0 Å². The Kier molecular flexibility index (Phi) is 9.80. The number of carbonyl (C=O) groups excluding carboxylic acids is 1. The van der Waals surface area contributed by atoms with Crippen molar-refractivity contribution >= 4 is 14.6 Å². The molecule has 0 radical (unpaired) electrons. The number of unbranched alkanes of at least 4 members (excludes halogenated alkanes) is 1. The molecule has 0 aliphatic carbocycles. The Morgan fingerprint density at radius 1 is 1.38 bits per heavy atom. The fourth-order valence-electron chi connectivity index (χ4n) is 2.21. The minimum absolute atomic E-state index is 0.00685. The van der Waals surface area contributed by atoms with Crippen LogP contribution in [0.3, 0.4) is 0 Å². The van der Waals surface area contributed by atoms with E-state index in [0.29, 0.717) is 12.0 Å². The van der Waals surface area contributed by atoms with E-state index in [1.54, 1.807) is 13.0 Å². The van der Waals surface area contributed by atoms with Crippen molar-refractivity contribution in [2.45, 2.75) is 90.6 Å². The molecule has 0 aromatic rings. The summed E-state index contributed by atoms with van der Waals surface area (Å²) in [4.78, 5) is 10.7. The summed E-state index contributed by atoms with van der Waals surface area (Å²) in [6.45, 7) is 14.9. The van der Waals surface area contributed by atoms with Crippen molar-refractivity contribution in [3.05, 3.63) is 11.6 Å². The van der Waals surface area contributed by atoms with Crippen LogP contribution >= 0.6 is 0 Å². The Balaban J connectivity index is 5.10. The highest BCUT2D eigenvalue weighted by Gasteiger charge is 2.40. The van der Waals surface area contributed by atoms with Gasteiger partial charge in [0.15, 0.2) is 8.32 Å². The molecule has 0 aliphatic rings. The number of hydrogen-bond donors (Lipinski definition) is 1. The number of terminal acetylenes is 1. The van der Waals surface area contributed by atoms with E-state index < -0.39 is 14.4 Å². The molecule has 3 nitrogen and oxygen atoms in total. The van der Waals surface area contributed by atoms with Crippen LogP contribution in [0, 0.1) is 18.3 Å². The van der Waals surface area contributed by atoms with Gasteiger partial charge in [-0.1, -0.05) is 33.8 Å². The molecular formula is C20H36O3Si. The first-order chi connectivity index (χ1) is 11.0. The summed E-state index contributed by atoms with van der Waals surface area (Å²) in [5, 5.41) is 10.6. The summed E-state index contributed by atoms with van der Waals surface area (Å²) in [7, 11) is -1.92. The van der Waals surface area contributed by atoms with Gasteiger partial charge in [-0.15, -0.1) is 12.3 Å². The minimum atomic E-state index is -1.92. The molecule has 0 saturated carbocycles. The Labute approximate surface area is 150 Å². The number of rotatable bonds is 10. The lowest BCUT2D eigenvalue weighted by molar-refractivity contribution is -0.104. The normalized spacial score (nSPS) is 17.0. The van der Waals surface area contributed by atoms with Crippen molar-refractivity contribution < 1.29 is 14.3 Å². The zero-order valence-electron chi connectivity index (χ0n) is 16.6. The lowest BCUT2D eigenvalue weighted by Crippen LogP contribution is -2.47. The molecule has 1 N–H and O–H groups in total. The zero-order chi connectivity index (χ0) is 19.0. The van der Waals surface area contributed by atoms with Crippen LogP contribution in [0.25, 0.3) is 0 Å². The maximum absolute atomic E-state index is 10.7. The smallest absolute Gasteiger partial charge is 0.192 e. The van der Waals surface area contributed by atoms with Crippen molar-refractivity contribution in [2.24, 2.45) is 5.92 Å². The van der Waals surface area contributed by atoms with E-state index in [1.165, 1.54) is 0 Å². The maximum Gasteiger partial charge on any atom is 0.192 e. The number of allylic oxidation sites excluding steroid dienone is 1. The lowest BCUT2D eigenvalue weighted by Gasteiger charge is -2.41. The summed E-state index contributed by atoms with van der Waals surface area (Å²) < 4.78 is 6.59. The van der Waals surface area contributed by atoms with Crippen LogP contribution in [0.1, 0.15) is 60.3 Å². The summed E-state index contributed by atoms with van der Waals surface area (Å²) in [5.41, 5.74) is 0.649. The van der Waals surface area contributed by atoms with Crippen molar-refractivity contribution in [3.63, 3.8) is 0 Å². The molecule has 0 aliphatic heterocycles. The van der Waals surface area contributed by atoms with Crippen LogP contribution in [0.15, 0.2) is 11.6 Å². The van der Waals surface area contributed by atoms with Gasteiger partial charge >= 0.3 is 0 Å². The predicted molar refractivity (Wildman–Crippen MR) is 104 cm³/mol. The summed E-state index contributed by atoms with van der Waals surface area (Å²) >= 11 is 0. The van der Waals surface area contributed by atoms with Crippen LogP contribution in [0.4, 0.5) is 0 Å². The fraction of sp³-hybridized carbons (Fsp3) is 0.750. The highest BCUT2D eigenvalue weighted by atomic mass is 28.4. The van der Waals surface area contributed by atoms with E-state index >= 15 is 0 Å². The van der Waals surface area contributed by atoms with Gasteiger partial charge in [0.25, 0.3) is 0 Å². The fourth-order valence-corrected chi connectivity index (χ4v) is 3.65. The standard InChI is InChI=1S/C20H36O3Si/c1-9-10-11-12-19(23-24(7,8)20(4,5)6)17(3)18(22)14-13-16(2)15-21/h1,13,15,17-19,22H,10-12,14H2,2-8H3/b16-13+/t17-,18+,19+/m0/s1. The third-order valence-corrected chi connectivity index (χ3v) is 9.63. The van der Waals surface area contributed by atoms with Gasteiger partial charge in [0.2, 0.25) is 0 Å². The molecule has 3 atom stereocenters. The Hall–Kier alpha value is -0.893. The average Bonchev–Trinajstić information content (AvgIpc) is 2.49. The monoisotopic (exact) mass is 352 g/mol. The van der Waals surface area contributed by atoms with Gasteiger partial charge in [0.1, 0.15) is 6.29 Å². The molecule has 0 aromatic carbocycles. The first-order valence-electron chi connectivity index (χ1n) is 8.87. The largest absolute Gasteiger partial charge is 0.414 e. The molecule has 4 heteroatoms. The Morgan fingerprint density at radius 3 is 2.42 bits per heavy atom. The summed E-state index contributed by atoms with van der Waals surface area (Å²) in [5.74, 6) is 2.67. The van der Waals surface area contributed by atoms with Gasteiger partial charge in [-0.2, -0.15) is 0 Å². The van der Waals surface area contributed by atoms with Crippen molar-refractivity contribution in [1.82, 2.24) is 0 Å². The number of carbonyl (C=O) groups is 1. The predicted octanol–water partition coefficient (Wildman–Crippen LogP) is 4.71. The average molecular weight is 353 g/mol. The van der Waals surface area contributed by atoms with Crippen LogP contribution in [0.2, 0.25) is 18.1 Å². The van der Waals surface area contributed by atoms with Gasteiger partial charge in [-0.3, -0.25) is 4.79 Å². The summed E-state index contributed by atoms with van der Waals surface area (Å²) in [6, 6.07) is 0. The first kappa shape index (κ1) is 23.1. The quantitative estimate of drug-likeness (QED) is 0.204. The molecule has 0 aromatic heterocycles. The number of aliphatic hydroxyl groups is 1. The number of aldehydes is 1. The van der Waals surface area contributed by atoms with Crippen LogP contribution in [-0.4, -0.2) is 31.9 Å². The van der Waals surface area contributed by atoms with Gasteiger partial charge in [-0.05, 0) is 49.9 Å². The van der Waals surface area contributed by atoms with Crippen LogP contribution in [-0.2, 0) is 9.22 Å². The van der Waals surface area contributed by atoms with E-state index in [1.807, 2.05) is 6.92 Å². The van der Waals surface area contributed by atoms with E-state index in [0.717, 1.165) is 25.5 Å². The lowest BCUT2D eigenvalue weighted by atomic mass is 9.92. The highest BCUT2D eigenvalue weighted by Crippen LogP contribution is 2.39. The topological polar surface area (TPSA) is 46.5 Å². The molecule has 24 heavy (non-hydrogen) atoms. The molecule has 0 unspecified atom stereocenters. The van der Waals surface area contributed by atoms with Crippen LogP contribution < -0.4 is 0 Å². The van der Waals surface area contributed by atoms with Crippen molar-refractivity contribution in [1.29, 1.82) is 0 Å². The Morgan fingerprint density at radius 2 is 1.96 bits per heavy atom. The minimum Gasteiger partial charge on any atom is -0.414 e. The van der Waals surface area contributed by atoms with E-state index in [-0.39, 0.29) is 17.1 Å². The SMILES string of the molecule is C#CCCC[C@@H](O[Si](C)(C)C(C)(C)C)[C@@H](C)[C@H](O)C/C=C(\C)C=O. The molecular weight excluding hydrogens is 316 g/mol. The van der Waals surface area contributed by atoms with Crippen molar-refractivity contribution in [2.75, 3.05) is 0 Å². The Bertz CT molecular complexity index is 454. The molecule has 138 valence electrons. The third kappa shape index (κ3) is 7.79. The highest BCUT2D eigenvalue weighted by molar-refractivity contribution is 6.74. The molecule has 0 rings (SSSR count). The van der Waals surface area contributed by atoms with E-state index in [9.17, 15) is 9.90 Å².